The third-order valence-corrected chi connectivity index (χ3v) is 4.53. The van der Waals surface area contributed by atoms with Gasteiger partial charge in [-0.05, 0) is 44.6 Å². The number of hydrogen-bond donors (Lipinski definition) is 0. The van der Waals surface area contributed by atoms with Gasteiger partial charge in [0, 0.05) is 13.0 Å². The molecule has 1 aromatic rings. The van der Waals surface area contributed by atoms with E-state index in [9.17, 15) is 9.59 Å². The molecular weight excluding hydrogens is 330 g/mol. The number of carbonyl (C=O) groups excluding carboxylic acids is 2. The summed E-state index contributed by atoms with van der Waals surface area (Å²) in [5.41, 5.74) is 0.513. The molecule has 2 amide bonds. The van der Waals surface area contributed by atoms with Crippen LogP contribution in [0.25, 0.3) is 0 Å². The van der Waals surface area contributed by atoms with Crippen molar-refractivity contribution in [2.75, 3.05) is 13.2 Å². The van der Waals surface area contributed by atoms with E-state index in [1.165, 1.54) is 4.90 Å². The maximum Gasteiger partial charge on any atom is 0.417 e. The molecule has 5 heteroatoms. The second kappa shape index (κ2) is 9.17. The standard InChI is InChI=1S/C21H31NO4/c1-5-16-11-18(15-25-14-17-9-7-6-8-10-17)12-19(23)22(13-16)20(24)26-21(2,3)4/h6-10,16,18H,5,11-15H2,1-4H3/t16-,18-/m1/s1. The minimum absolute atomic E-state index is 0.128. The summed E-state index contributed by atoms with van der Waals surface area (Å²) >= 11 is 0. The molecule has 0 spiro atoms. The highest BCUT2D eigenvalue weighted by Crippen LogP contribution is 2.27. The van der Waals surface area contributed by atoms with E-state index in [1.807, 2.05) is 51.1 Å². The molecule has 1 heterocycles. The van der Waals surface area contributed by atoms with Crippen molar-refractivity contribution in [3.8, 4) is 0 Å². The molecule has 0 N–H and O–H groups in total. The van der Waals surface area contributed by atoms with Gasteiger partial charge in [0.25, 0.3) is 0 Å². The highest BCUT2D eigenvalue weighted by Gasteiger charge is 2.34. The number of imide groups is 1. The van der Waals surface area contributed by atoms with Crippen LogP contribution < -0.4 is 0 Å². The normalized spacial score (nSPS) is 21.4. The molecule has 1 aromatic carbocycles. The number of likely N-dealkylation sites (tertiary alicyclic amines) is 1. The predicted octanol–water partition coefficient (Wildman–Crippen LogP) is 4.40. The fraction of sp³-hybridized carbons (Fsp3) is 0.619. The number of benzene rings is 1. The van der Waals surface area contributed by atoms with Crippen molar-refractivity contribution in [1.82, 2.24) is 4.90 Å². The molecule has 0 radical (unpaired) electrons. The lowest BCUT2D eigenvalue weighted by Gasteiger charge is -2.26. The Labute approximate surface area is 156 Å². The highest BCUT2D eigenvalue weighted by atomic mass is 16.6. The Morgan fingerprint density at radius 1 is 1.19 bits per heavy atom. The molecule has 144 valence electrons. The SMILES string of the molecule is CC[C@@H]1C[C@@H](COCc2ccccc2)CC(=O)N(C(=O)OC(C)(C)C)C1. The number of ether oxygens (including phenoxy) is 2. The second-order valence-electron chi connectivity index (χ2n) is 8.07. The van der Waals surface area contributed by atoms with Gasteiger partial charge in [-0.2, -0.15) is 0 Å². The zero-order valence-corrected chi connectivity index (χ0v) is 16.4. The minimum atomic E-state index is -0.608. The van der Waals surface area contributed by atoms with E-state index in [0.29, 0.717) is 26.2 Å². The van der Waals surface area contributed by atoms with E-state index < -0.39 is 11.7 Å². The van der Waals surface area contributed by atoms with Gasteiger partial charge in [-0.1, -0.05) is 43.7 Å². The number of carbonyl (C=O) groups is 2. The maximum absolute atomic E-state index is 12.6. The summed E-state index contributed by atoms with van der Waals surface area (Å²) in [7, 11) is 0. The molecule has 2 rings (SSSR count). The van der Waals surface area contributed by atoms with E-state index in [-0.39, 0.29) is 17.7 Å². The fourth-order valence-electron chi connectivity index (χ4n) is 3.18. The summed E-state index contributed by atoms with van der Waals surface area (Å²) in [5.74, 6) is 0.242. The topological polar surface area (TPSA) is 55.8 Å². The first-order chi connectivity index (χ1) is 12.3. The van der Waals surface area contributed by atoms with Gasteiger partial charge in [-0.25, -0.2) is 9.69 Å². The number of hydrogen-bond acceptors (Lipinski definition) is 4. The summed E-state index contributed by atoms with van der Waals surface area (Å²) in [5, 5.41) is 0. The maximum atomic E-state index is 12.6. The van der Waals surface area contributed by atoms with Gasteiger partial charge >= 0.3 is 6.09 Å². The zero-order valence-electron chi connectivity index (χ0n) is 16.4. The lowest BCUT2D eigenvalue weighted by atomic mass is 9.92. The Hall–Kier alpha value is -1.88. The second-order valence-corrected chi connectivity index (χ2v) is 8.07. The van der Waals surface area contributed by atoms with Crippen LogP contribution in [0.15, 0.2) is 30.3 Å². The monoisotopic (exact) mass is 361 g/mol. The summed E-state index contributed by atoms with van der Waals surface area (Å²) < 4.78 is 11.3. The number of rotatable bonds is 5. The van der Waals surface area contributed by atoms with Crippen LogP contribution in [-0.4, -0.2) is 35.7 Å². The van der Waals surface area contributed by atoms with Gasteiger partial charge in [-0.15, -0.1) is 0 Å². The van der Waals surface area contributed by atoms with E-state index in [1.54, 1.807) is 0 Å². The van der Waals surface area contributed by atoms with Gasteiger partial charge in [-0.3, -0.25) is 4.79 Å². The zero-order chi connectivity index (χ0) is 19.2. The third-order valence-electron chi connectivity index (χ3n) is 4.53. The van der Waals surface area contributed by atoms with Crippen molar-refractivity contribution in [1.29, 1.82) is 0 Å². The van der Waals surface area contributed by atoms with E-state index in [4.69, 9.17) is 9.47 Å². The lowest BCUT2D eigenvalue weighted by molar-refractivity contribution is -0.131. The van der Waals surface area contributed by atoms with Crippen LogP contribution in [0, 0.1) is 11.8 Å². The molecule has 0 saturated carbocycles. The Balaban J connectivity index is 1.94. The van der Waals surface area contributed by atoms with Crippen LogP contribution in [0.5, 0.6) is 0 Å². The quantitative estimate of drug-likeness (QED) is 0.780. The molecule has 0 bridgehead atoms. The van der Waals surface area contributed by atoms with Crippen LogP contribution >= 0.6 is 0 Å². The number of nitrogens with zero attached hydrogens (tertiary/aromatic N) is 1. The molecular formula is C21H31NO4. The third kappa shape index (κ3) is 6.45. The summed E-state index contributed by atoms with van der Waals surface area (Å²) in [6.45, 7) is 9.02. The van der Waals surface area contributed by atoms with Gasteiger partial charge in [0.15, 0.2) is 0 Å². The molecule has 5 nitrogen and oxygen atoms in total. The van der Waals surface area contributed by atoms with Crippen molar-refractivity contribution in [2.24, 2.45) is 11.8 Å². The molecule has 1 fully saturated rings. The van der Waals surface area contributed by atoms with E-state index in [0.717, 1.165) is 18.4 Å². The molecule has 1 aliphatic heterocycles. The Morgan fingerprint density at radius 2 is 1.88 bits per heavy atom. The van der Waals surface area contributed by atoms with Crippen molar-refractivity contribution in [2.45, 2.75) is 59.2 Å². The first-order valence-electron chi connectivity index (χ1n) is 9.43. The Bertz CT molecular complexity index is 594. The van der Waals surface area contributed by atoms with Crippen molar-refractivity contribution < 1.29 is 19.1 Å². The van der Waals surface area contributed by atoms with Gasteiger partial charge in [0.2, 0.25) is 5.91 Å². The van der Waals surface area contributed by atoms with Crippen molar-refractivity contribution in [3.05, 3.63) is 35.9 Å². The highest BCUT2D eigenvalue weighted by molar-refractivity contribution is 5.92. The average Bonchev–Trinajstić information content (AvgIpc) is 2.73. The predicted molar refractivity (Wildman–Crippen MR) is 101 cm³/mol. The first-order valence-corrected chi connectivity index (χ1v) is 9.43. The Morgan fingerprint density at radius 3 is 2.50 bits per heavy atom. The van der Waals surface area contributed by atoms with Gasteiger partial charge < -0.3 is 9.47 Å². The molecule has 1 aliphatic rings. The van der Waals surface area contributed by atoms with Crippen molar-refractivity contribution in [3.63, 3.8) is 0 Å². The van der Waals surface area contributed by atoms with Gasteiger partial charge in [0.05, 0.1) is 13.2 Å². The molecule has 0 aliphatic carbocycles. The van der Waals surface area contributed by atoms with Crippen LogP contribution in [0.2, 0.25) is 0 Å². The van der Waals surface area contributed by atoms with Crippen LogP contribution in [0.4, 0.5) is 4.79 Å². The average molecular weight is 361 g/mol. The molecule has 1 saturated heterocycles. The Kier molecular flexibility index (Phi) is 7.21. The summed E-state index contributed by atoms with van der Waals surface area (Å²) in [4.78, 5) is 26.3. The van der Waals surface area contributed by atoms with Crippen LogP contribution in [0.1, 0.15) is 52.5 Å². The molecule has 2 atom stereocenters. The minimum Gasteiger partial charge on any atom is -0.443 e. The van der Waals surface area contributed by atoms with Crippen LogP contribution in [-0.2, 0) is 20.9 Å². The molecule has 0 aromatic heterocycles. The largest absolute Gasteiger partial charge is 0.443 e. The van der Waals surface area contributed by atoms with E-state index in [2.05, 4.69) is 6.92 Å². The number of amides is 2. The van der Waals surface area contributed by atoms with E-state index >= 15 is 0 Å². The molecule has 26 heavy (non-hydrogen) atoms. The summed E-state index contributed by atoms with van der Waals surface area (Å²) in [6, 6.07) is 10.00. The summed E-state index contributed by atoms with van der Waals surface area (Å²) in [6.07, 6.45) is 1.59. The van der Waals surface area contributed by atoms with Crippen molar-refractivity contribution >= 4 is 12.0 Å². The lowest BCUT2D eigenvalue weighted by Crippen LogP contribution is -2.42. The van der Waals surface area contributed by atoms with Gasteiger partial charge in [0.1, 0.15) is 5.60 Å². The smallest absolute Gasteiger partial charge is 0.417 e. The molecule has 0 unspecified atom stereocenters. The first kappa shape index (κ1) is 20.4. The fourth-order valence-corrected chi connectivity index (χ4v) is 3.18. The van der Waals surface area contributed by atoms with Crippen LogP contribution in [0.3, 0.4) is 0 Å².